The molecule has 1 aliphatic carbocycles. The molecule has 2 rings (SSSR count). The van der Waals surface area contributed by atoms with Crippen LogP contribution >= 0.6 is 40.2 Å². The minimum Gasteiger partial charge on any atom is -0.356 e. The minimum atomic E-state index is -0.488. The highest BCUT2D eigenvalue weighted by molar-refractivity contribution is 8.93. The van der Waals surface area contributed by atoms with Gasteiger partial charge in [-0.1, -0.05) is 0 Å². The summed E-state index contributed by atoms with van der Waals surface area (Å²) in [6.45, 7) is 2.73. The molecule has 0 bridgehead atoms. The molecule has 2 N–H and O–H groups in total. The van der Waals surface area contributed by atoms with Gasteiger partial charge < -0.3 is 10.6 Å². The lowest BCUT2D eigenvalue weighted by atomic mass is 10.3. The predicted octanol–water partition coefficient (Wildman–Crippen LogP) is 2.09. The molecule has 0 saturated heterocycles. The van der Waals surface area contributed by atoms with Gasteiger partial charge in [0.1, 0.15) is 4.33 Å². The van der Waals surface area contributed by atoms with E-state index in [0.717, 1.165) is 38.4 Å². The number of rotatable bonds is 2. The summed E-state index contributed by atoms with van der Waals surface area (Å²) in [6, 6.07) is 0. The number of hydrogen-bond acceptors (Lipinski definition) is 3. The van der Waals surface area contributed by atoms with Gasteiger partial charge in [0, 0.05) is 25.6 Å². The minimum absolute atomic E-state index is 0. The van der Waals surface area contributed by atoms with E-state index in [4.69, 9.17) is 23.2 Å². The van der Waals surface area contributed by atoms with Gasteiger partial charge in [-0.3, -0.25) is 4.99 Å². The van der Waals surface area contributed by atoms with Gasteiger partial charge in [0.25, 0.3) is 0 Å². The van der Waals surface area contributed by atoms with Gasteiger partial charge in [0.15, 0.2) is 5.96 Å². The molecule has 0 aromatic heterocycles. The van der Waals surface area contributed by atoms with Crippen molar-refractivity contribution in [3.63, 3.8) is 0 Å². The van der Waals surface area contributed by atoms with Gasteiger partial charge in [-0.2, -0.15) is 0 Å². The largest absolute Gasteiger partial charge is 0.356 e. The highest BCUT2D eigenvalue weighted by atomic mass is 79.9. The van der Waals surface area contributed by atoms with Crippen LogP contribution in [0.2, 0.25) is 0 Å². The van der Waals surface area contributed by atoms with Crippen molar-refractivity contribution in [2.75, 3.05) is 19.6 Å². The first-order valence-electron chi connectivity index (χ1n) is 5.08. The second-order valence-corrected chi connectivity index (χ2v) is 5.45. The molecule has 1 aliphatic heterocycles. The van der Waals surface area contributed by atoms with Crippen molar-refractivity contribution >= 4 is 46.1 Å². The Balaban J connectivity index is 0.00000112. The summed E-state index contributed by atoms with van der Waals surface area (Å²) in [5.41, 5.74) is 0. The third kappa shape index (κ3) is 4.00. The molecule has 0 amide bonds. The maximum absolute atomic E-state index is 5.92. The van der Waals surface area contributed by atoms with E-state index < -0.39 is 4.33 Å². The van der Waals surface area contributed by atoms with E-state index in [0.29, 0.717) is 5.92 Å². The van der Waals surface area contributed by atoms with Gasteiger partial charge in [0.2, 0.25) is 0 Å². The van der Waals surface area contributed by atoms with Gasteiger partial charge in [-0.05, 0) is 19.3 Å². The van der Waals surface area contributed by atoms with E-state index in [1.165, 1.54) is 6.42 Å². The van der Waals surface area contributed by atoms with Crippen molar-refractivity contribution in [3.8, 4) is 0 Å². The molecule has 2 aliphatic rings. The Morgan fingerprint density at radius 1 is 1.47 bits per heavy atom. The molecule has 3 nitrogen and oxygen atoms in total. The Labute approximate surface area is 111 Å². The fourth-order valence-corrected chi connectivity index (χ4v) is 2.05. The molecule has 0 aromatic carbocycles. The monoisotopic (exact) mass is 315 g/mol. The fourth-order valence-electron chi connectivity index (χ4n) is 1.52. The third-order valence-corrected chi connectivity index (χ3v) is 3.54. The van der Waals surface area contributed by atoms with Crippen LogP contribution in [-0.2, 0) is 0 Å². The van der Waals surface area contributed by atoms with Crippen LogP contribution < -0.4 is 10.6 Å². The van der Waals surface area contributed by atoms with E-state index in [9.17, 15) is 0 Å². The molecule has 6 heteroatoms. The van der Waals surface area contributed by atoms with Crippen molar-refractivity contribution < 1.29 is 0 Å². The number of guanidine groups is 1. The van der Waals surface area contributed by atoms with Crippen molar-refractivity contribution in [2.24, 2.45) is 10.9 Å². The van der Waals surface area contributed by atoms with E-state index in [2.05, 4.69) is 15.6 Å². The van der Waals surface area contributed by atoms with Crippen LogP contribution in [0.5, 0.6) is 0 Å². The zero-order valence-electron chi connectivity index (χ0n) is 8.43. The van der Waals surface area contributed by atoms with E-state index in [-0.39, 0.29) is 17.0 Å². The summed E-state index contributed by atoms with van der Waals surface area (Å²) in [5, 5.41) is 6.49. The first kappa shape index (κ1) is 13.4. The Morgan fingerprint density at radius 3 is 2.87 bits per heavy atom. The average molecular weight is 317 g/mol. The maximum Gasteiger partial charge on any atom is 0.191 e. The van der Waals surface area contributed by atoms with Crippen molar-refractivity contribution in [2.45, 2.75) is 23.6 Å². The summed E-state index contributed by atoms with van der Waals surface area (Å²) in [7, 11) is 0. The fraction of sp³-hybridized carbons (Fsp3) is 0.889. The first-order chi connectivity index (χ1) is 6.68. The smallest absolute Gasteiger partial charge is 0.191 e. The van der Waals surface area contributed by atoms with Crippen LogP contribution in [-0.4, -0.2) is 29.9 Å². The molecule has 1 fully saturated rings. The maximum atomic E-state index is 5.92. The van der Waals surface area contributed by atoms with E-state index in [1.807, 2.05) is 0 Å². The molecule has 0 spiro atoms. The Morgan fingerprint density at radius 2 is 2.20 bits per heavy atom. The molecule has 1 heterocycles. The van der Waals surface area contributed by atoms with Crippen molar-refractivity contribution in [1.82, 2.24) is 10.6 Å². The topological polar surface area (TPSA) is 36.4 Å². The van der Waals surface area contributed by atoms with Gasteiger partial charge in [0.05, 0.1) is 0 Å². The molecule has 1 atom stereocenters. The lowest BCUT2D eigenvalue weighted by Gasteiger charge is -2.09. The summed E-state index contributed by atoms with van der Waals surface area (Å²) < 4.78 is -0.488. The molecule has 15 heavy (non-hydrogen) atoms. The summed E-state index contributed by atoms with van der Waals surface area (Å²) in [5.74, 6) is 1.28. The molecular formula is C9H16BrCl2N3. The van der Waals surface area contributed by atoms with E-state index in [1.54, 1.807) is 0 Å². The van der Waals surface area contributed by atoms with E-state index >= 15 is 0 Å². The zero-order valence-corrected chi connectivity index (χ0v) is 11.7. The van der Waals surface area contributed by atoms with Crippen LogP contribution in [0, 0.1) is 5.92 Å². The van der Waals surface area contributed by atoms with Gasteiger partial charge >= 0.3 is 0 Å². The molecule has 0 aromatic rings. The van der Waals surface area contributed by atoms with Gasteiger partial charge in [-0.15, -0.1) is 40.2 Å². The average Bonchev–Trinajstić information content (AvgIpc) is 2.81. The quantitative estimate of drug-likeness (QED) is 0.765. The highest BCUT2D eigenvalue weighted by Gasteiger charge is 2.51. The molecule has 1 unspecified atom stereocenters. The Bertz CT molecular complexity index is 246. The van der Waals surface area contributed by atoms with Crippen LogP contribution in [0.25, 0.3) is 0 Å². The lowest BCUT2D eigenvalue weighted by Crippen LogP contribution is -2.38. The van der Waals surface area contributed by atoms with Crippen molar-refractivity contribution in [3.05, 3.63) is 0 Å². The van der Waals surface area contributed by atoms with Crippen LogP contribution in [0.4, 0.5) is 0 Å². The van der Waals surface area contributed by atoms with Crippen molar-refractivity contribution in [1.29, 1.82) is 0 Å². The summed E-state index contributed by atoms with van der Waals surface area (Å²) >= 11 is 11.8. The van der Waals surface area contributed by atoms with Gasteiger partial charge in [-0.25, -0.2) is 0 Å². The first-order valence-corrected chi connectivity index (χ1v) is 5.84. The second kappa shape index (κ2) is 5.60. The normalized spacial score (nSPS) is 27.9. The summed E-state index contributed by atoms with van der Waals surface area (Å²) in [4.78, 5) is 4.38. The Hall–Kier alpha value is 0.330. The standard InChI is InChI=1S/C9H15Cl2N3.BrH/c10-9(11)5-7(9)6-14-8-12-3-1-2-4-13-8;/h7H,1-6H2,(H2,12,13,14);1H. The van der Waals surface area contributed by atoms with Crippen LogP contribution in [0.15, 0.2) is 4.99 Å². The number of hydrogen-bond donors (Lipinski definition) is 2. The molecule has 0 radical (unpaired) electrons. The number of halogens is 3. The number of nitrogens with one attached hydrogen (secondary N) is 2. The van der Waals surface area contributed by atoms with Crippen LogP contribution in [0.1, 0.15) is 19.3 Å². The molecule has 88 valence electrons. The zero-order chi connectivity index (χ0) is 10.0. The highest BCUT2D eigenvalue weighted by Crippen LogP contribution is 2.52. The SMILES string of the molecule is Br.ClC1(Cl)CC1CNC1=NCCCCN1. The predicted molar refractivity (Wildman–Crippen MR) is 70.4 cm³/mol. The molecule has 1 saturated carbocycles. The van der Waals surface area contributed by atoms with Crippen LogP contribution in [0.3, 0.4) is 0 Å². The Kier molecular flexibility index (Phi) is 5.00. The third-order valence-electron chi connectivity index (χ3n) is 2.62. The number of aliphatic imine (C=N–C) groups is 1. The summed E-state index contributed by atoms with van der Waals surface area (Å²) in [6.07, 6.45) is 3.24. The number of nitrogens with zero attached hydrogens (tertiary/aromatic N) is 1. The number of alkyl halides is 2. The lowest BCUT2D eigenvalue weighted by molar-refractivity contribution is 0.723. The second-order valence-electron chi connectivity index (χ2n) is 3.91. The molecular weight excluding hydrogens is 301 g/mol.